The fraction of sp³-hybridized carbons (Fsp3) is 0.538. The summed E-state index contributed by atoms with van der Waals surface area (Å²) in [7, 11) is 1.79. The minimum Gasteiger partial charge on any atom is -0.387 e. The summed E-state index contributed by atoms with van der Waals surface area (Å²) in [5.41, 5.74) is 2.20. The average Bonchev–Trinajstić information content (AvgIpc) is 2.36. The van der Waals surface area contributed by atoms with Gasteiger partial charge in [0, 0.05) is 32.1 Å². The number of hydrogen-bond donors (Lipinski definition) is 2. The number of aryl methyl sites for hydroxylation is 1. The zero-order valence-electron chi connectivity index (χ0n) is 11.4. The van der Waals surface area contributed by atoms with Gasteiger partial charge in [-0.15, -0.1) is 0 Å². The first-order valence-electron chi connectivity index (χ1n) is 6.12. The van der Waals surface area contributed by atoms with E-state index in [1.54, 1.807) is 13.2 Å². The van der Waals surface area contributed by atoms with Crippen molar-refractivity contribution < 1.29 is 9.53 Å². The Morgan fingerprint density at radius 2 is 2.28 bits per heavy atom. The first-order chi connectivity index (χ1) is 8.58. The number of pyridine rings is 1. The maximum absolute atomic E-state index is 12.0. The maximum Gasteiger partial charge on any atom is 0.255 e. The number of ether oxygens (including phenoxy) is 1. The number of carbonyl (C=O) groups excluding carboxylic acids is 1. The molecule has 0 aromatic carbocycles. The highest BCUT2D eigenvalue weighted by atomic mass is 16.5. The number of hydrogen-bond acceptors (Lipinski definition) is 4. The highest BCUT2D eigenvalue weighted by molar-refractivity contribution is 5.99. The molecule has 1 amide bonds. The zero-order valence-corrected chi connectivity index (χ0v) is 11.4. The van der Waals surface area contributed by atoms with Crippen molar-refractivity contribution in [2.75, 3.05) is 25.5 Å². The lowest BCUT2D eigenvalue weighted by Crippen LogP contribution is -2.32. The van der Waals surface area contributed by atoms with Gasteiger partial charge in [0.25, 0.3) is 5.91 Å². The molecule has 0 radical (unpaired) electrons. The van der Waals surface area contributed by atoms with Gasteiger partial charge < -0.3 is 15.4 Å². The summed E-state index contributed by atoms with van der Waals surface area (Å²) in [5, 5.41) is 5.83. The van der Waals surface area contributed by atoms with Crippen LogP contribution in [0.5, 0.6) is 0 Å². The lowest BCUT2D eigenvalue weighted by atomic mass is 10.2. The topological polar surface area (TPSA) is 63.2 Å². The van der Waals surface area contributed by atoms with E-state index in [1.165, 1.54) is 0 Å². The summed E-state index contributed by atoms with van der Waals surface area (Å²) in [6.07, 6.45) is 1.59. The molecule has 1 atom stereocenters. The van der Waals surface area contributed by atoms with Crippen molar-refractivity contribution in [2.24, 2.45) is 0 Å². The minimum atomic E-state index is -0.140. The van der Waals surface area contributed by atoms with E-state index in [1.807, 2.05) is 26.8 Å². The average molecular weight is 251 g/mol. The quantitative estimate of drug-likeness (QED) is 0.806. The van der Waals surface area contributed by atoms with Crippen molar-refractivity contribution in [3.05, 3.63) is 23.5 Å². The smallest absolute Gasteiger partial charge is 0.255 e. The SMILES string of the molecule is CCOC(C)CNC(=O)c1cnc(C)cc1NC. The van der Waals surface area contributed by atoms with E-state index in [0.29, 0.717) is 18.7 Å². The van der Waals surface area contributed by atoms with Crippen molar-refractivity contribution in [2.45, 2.75) is 26.9 Å². The van der Waals surface area contributed by atoms with Crippen LogP contribution in [0.25, 0.3) is 0 Å². The molecule has 1 aromatic heterocycles. The molecule has 0 aliphatic rings. The first-order valence-corrected chi connectivity index (χ1v) is 6.12. The Hall–Kier alpha value is -1.62. The first kappa shape index (κ1) is 14.4. The summed E-state index contributed by atoms with van der Waals surface area (Å²) in [4.78, 5) is 16.1. The lowest BCUT2D eigenvalue weighted by Gasteiger charge is -2.14. The number of nitrogens with zero attached hydrogens (tertiary/aromatic N) is 1. The number of nitrogens with one attached hydrogen (secondary N) is 2. The van der Waals surface area contributed by atoms with Crippen molar-refractivity contribution in [3.8, 4) is 0 Å². The standard InChI is InChI=1S/C13H21N3O2/c1-5-18-10(3)7-16-13(17)11-8-15-9(2)6-12(11)14-4/h6,8,10H,5,7H2,1-4H3,(H,14,15)(H,16,17). The van der Waals surface area contributed by atoms with Gasteiger partial charge in [-0.05, 0) is 26.8 Å². The molecule has 5 heteroatoms. The molecule has 1 aromatic rings. The molecule has 0 bridgehead atoms. The second-order valence-electron chi connectivity index (χ2n) is 4.10. The number of anilines is 1. The normalized spacial score (nSPS) is 12.0. The Morgan fingerprint density at radius 3 is 2.89 bits per heavy atom. The molecule has 0 fully saturated rings. The van der Waals surface area contributed by atoms with Crippen LogP contribution in [0.4, 0.5) is 5.69 Å². The molecule has 1 unspecified atom stereocenters. The van der Waals surface area contributed by atoms with Crippen molar-refractivity contribution in [3.63, 3.8) is 0 Å². The molecule has 1 rings (SSSR count). The Morgan fingerprint density at radius 1 is 1.56 bits per heavy atom. The van der Waals surface area contributed by atoms with Crippen LogP contribution in [-0.4, -0.2) is 37.2 Å². The van der Waals surface area contributed by atoms with Gasteiger partial charge in [-0.2, -0.15) is 0 Å². The Kier molecular flexibility index (Phi) is 5.58. The lowest BCUT2D eigenvalue weighted by molar-refractivity contribution is 0.0695. The van der Waals surface area contributed by atoms with Crippen LogP contribution in [0, 0.1) is 6.92 Å². The number of aromatic nitrogens is 1. The van der Waals surface area contributed by atoms with Crippen LogP contribution in [0.3, 0.4) is 0 Å². The van der Waals surface area contributed by atoms with Crippen molar-refractivity contribution in [1.29, 1.82) is 0 Å². The highest BCUT2D eigenvalue weighted by Crippen LogP contribution is 2.14. The van der Waals surface area contributed by atoms with Crippen LogP contribution in [0.1, 0.15) is 29.9 Å². The van der Waals surface area contributed by atoms with Crippen LogP contribution in [0.15, 0.2) is 12.3 Å². The van der Waals surface area contributed by atoms with E-state index in [4.69, 9.17) is 4.74 Å². The van der Waals surface area contributed by atoms with Gasteiger partial charge in [-0.3, -0.25) is 9.78 Å². The van der Waals surface area contributed by atoms with Gasteiger partial charge in [0.2, 0.25) is 0 Å². The summed E-state index contributed by atoms with van der Waals surface area (Å²) in [6.45, 7) is 6.88. The van der Waals surface area contributed by atoms with E-state index >= 15 is 0 Å². The molecule has 0 saturated carbocycles. The molecule has 5 nitrogen and oxygen atoms in total. The third kappa shape index (κ3) is 4.00. The Bertz CT molecular complexity index is 407. The van der Waals surface area contributed by atoms with Crippen LogP contribution in [-0.2, 0) is 4.74 Å². The predicted molar refractivity (Wildman–Crippen MR) is 71.9 cm³/mol. The van der Waals surface area contributed by atoms with Gasteiger partial charge in [-0.25, -0.2) is 0 Å². The van der Waals surface area contributed by atoms with Crippen LogP contribution < -0.4 is 10.6 Å². The van der Waals surface area contributed by atoms with Crippen LogP contribution >= 0.6 is 0 Å². The molecule has 18 heavy (non-hydrogen) atoms. The van der Waals surface area contributed by atoms with Gasteiger partial charge in [0.05, 0.1) is 17.4 Å². The van der Waals surface area contributed by atoms with Gasteiger partial charge >= 0.3 is 0 Å². The fourth-order valence-electron chi connectivity index (χ4n) is 1.62. The molecular weight excluding hydrogens is 230 g/mol. The molecule has 0 aliphatic heterocycles. The summed E-state index contributed by atoms with van der Waals surface area (Å²) < 4.78 is 5.36. The third-order valence-corrected chi connectivity index (χ3v) is 2.56. The predicted octanol–water partition coefficient (Wildman–Crippen LogP) is 1.59. The molecule has 100 valence electrons. The summed E-state index contributed by atoms with van der Waals surface area (Å²) in [6, 6.07) is 1.85. The van der Waals surface area contributed by atoms with E-state index < -0.39 is 0 Å². The van der Waals surface area contributed by atoms with E-state index in [0.717, 1.165) is 11.4 Å². The third-order valence-electron chi connectivity index (χ3n) is 2.56. The van der Waals surface area contributed by atoms with E-state index in [9.17, 15) is 4.79 Å². The van der Waals surface area contributed by atoms with Gasteiger partial charge in [-0.1, -0.05) is 0 Å². The van der Waals surface area contributed by atoms with Crippen molar-refractivity contribution >= 4 is 11.6 Å². The van der Waals surface area contributed by atoms with E-state index in [-0.39, 0.29) is 12.0 Å². The molecule has 1 heterocycles. The second-order valence-corrected chi connectivity index (χ2v) is 4.10. The highest BCUT2D eigenvalue weighted by Gasteiger charge is 2.12. The molecular formula is C13H21N3O2. The fourth-order valence-corrected chi connectivity index (χ4v) is 1.62. The largest absolute Gasteiger partial charge is 0.387 e. The van der Waals surface area contributed by atoms with Gasteiger partial charge in [0.1, 0.15) is 0 Å². The zero-order chi connectivity index (χ0) is 13.5. The number of rotatable bonds is 6. The summed E-state index contributed by atoms with van der Waals surface area (Å²) >= 11 is 0. The summed E-state index contributed by atoms with van der Waals surface area (Å²) in [5.74, 6) is -0.140. The molecule has 0 aliphatic carbocycles. The monoisotopic (exact) mass is 251 g/mol. The molecule has 2 N–H and O–H groups in total. The Labute approximate surface area is 108 Å². The van der Waals surface area contributed by atoms with Crippen molar-refractivity contribution in [1.82, 2.24) is 10.3 Å². The minimum absolute atomic E-state index is 0.00962. The number of amides is 1. The second kappa shape index (κ2) is 6.96. The van der Waals surface area contributed by atoms with E-state index in [2.05, 4.69) is 15.6 Å². The Balaban J connectivity index is 2.66. The molecule has 0 saturated heterocycles. The van der Waals surface area contributed by atoms with Crippen LogP contribution in [0.2, 0.25) is 0 Å². The number of carbonyl (C=O) groups is 1. The maximum atomic E-state index is 12.0. The van der Waals surface area contributed by atoms with Gasteiger partial charge in [0.15, 0.2) is 0 Å². The molecule has 0 spiro atoms.